The second-order valence-corrected chi connectivity index (χ2v) is 6.37. The molecular weight excluding hydrogens is 363 g/mol. The van der Waals surface area contributed by atoms with Crippen molar-refractivity contribution in [2.45, 2.75) is 25.7 Å². The van der Waals surface area contributed by atoms with Crippen molar-refractivity contribution in [3.63, 3.8) is 0 Å². The zero-order valence-electron chi connectivity index (χ0n) is 10.0. The smallest absolute Gasteiger partial charge is 0.231 e. The average Bonchev–Trinajstić information content (AvgIpc) is 2.82. The van der Waals surface area contributed by atoms with Gasteiger partial charge in [-0.15, -0.1) is 0 Å². The van der Waals surface area contributed by atoms with Gasteiger partial charge in [-0.2, -0.15) is 0 Å². The number of anilines is 1. The summed E-state index contributed by atoms with van der Waals surface area (Å²) in [5.41, 5.74) is 6.24. The molecule has 3 nitrogen and oxygen atoms in total. The average molecular weight is 379 g/mol. The third-order valence-electron chi connectivity index (χ3n) is 3.61. The second-order valence-electron chi connectivity index (χ2n) is 4.77. The van der Waals surface area contributed by atoms with Crippen molar-refractivity contribution in [1.29, 1.82) is 0 Å². The van der Waals surface area contributed by atoms with Crippen molar-refractivity contribution in [3.05, 3.63) is 26.8 Å². The van der Waals surface area contributed by atoms with E-state index in [1.54, 1.807) is 6.07 Å². The minimum absolute atomic E-state index is 0.0442. The summed E-state index contributed by atoms with van der Waals surface area (Å²) in [5.74, 6) is 0.0442. The van der Waals surface area contributed by atoms with Crippen LogP contribution in [0.25, 0.3) is 0 Å². The maximum Gasteiger partial charge on any atom is 0.231 e. The molecule has 0 bridgehead atoms. The lowest BCUT2D eigenvalue weighted by Crippen LogP contribution is -2.40. The highest BCUT2D eigenvalue weighted by molar-refractivity contribution is 14.1. The van der Waals surface area contributed by atoms with Crippen LogP contribution in [0.5, 0.6) is 0 Å². The molecule has 3 N–H and O–H groups in total. The van der Waals surface area contributed by atoms with Crippen LogP contribution < -0.4 is 11.1 Å². The van der Waals surface area contributed by atoms with Crippen molar-refractivity contribution < 1.29 is 4.79 Å². The molecule has 98 valence electrons. The quantitative estimate of drug-likeness (QED) is 0.792. The first-order valence-electron chi connectivity index (χ1n) is 6.04. The number of halogens is 2. The van der Waals surface area contributed by atoms with Crippen molar-refractivity contribution in [3.8, 4) is 0 Å². The molecule has 5 heteroatoms. The molecule has 0 spiro atoms. The molecule has 1 aliphatic rings. The minimum atomic E-state index is -0.372. The van der Waals surface area contributed by atoms with Crippen LogP contribution in [-0.4, -0.2) is 12.5 Å². The summed E-state index contributed by atoms with van der Waals surface area (Å²) in [7, 11) is 0. The topological polar surface area (TPSA) is 55.1 Å². The van der Waals surface area contributed by atoms with Gasteiger partial charge in [0, 0.05) is 15.1 Å². The monoisotopic (exact) mass is 378 g/mol. The zero-order chi connectivity index (χ0) is 13.2. The van der Waals surface area contributed by atoms with E-state index in [9.17, 15) is 4.79 Å². The number of carbonyl (C=O) groups excluding carboxylic acids is 1. The Morgan fingerprint density at radius 3 is 2.67 bits per heavy atom. The van der Waals surface area contributed by atoms with Crippen LogP contribution in [0.4, 0.5) is 5.69 Å². The van der Waals surface area contributed by atoms with Gasteiger partial charge >= 0.3 is 0 Å². The Kier molecular flexibility index (Phi) is 4.50. The van der Waals surface area contributed by atoms with Gasteiger partial charge in [0.1, 0.15) is 0 Å². The van der Waals surface area contributed by atoms with Crippen molar-refractivity contribution >= 4 is 45.8 Å². The Balaban J connectivity index is 2.15. The Morgan fingerprint density at radius 2 is 2.11 bits per heavy atom. The first-order valence-corrected chi connectivity index (χ1v) is 7.50. The van der Waals surface area contributed by atoms with Crippen LogP contribution in [0.15, 0.2) is 18.2 Å². The van der Waals surface area contributed by atoms with Gasteiger partial charge in [0.15, 0.2) is 0 Å². The van der Waals surface area contributed by atoms with Gasteiger partial charge in [0.2, 0.25) is 5.91 Å². The second kappa shape index (κ2) is 5.75. The molecule has 1 aromatic rings. The minimum Gasteiger partial charge on any atom is -0.329 e. The Labute approximate surface area is 126 Å². The number of amides is 1. The van der Waals surface area contributed by atoms with Crippen LogP contribution in [0.1, 0.15) is 25.7 Å². The van der Waals surface area contributed by atoms with E-state index in [1.807, 2.05) is 12.1 Å². The Hall–Kier alpha value is -0.330. The lowest BCUT2D eigenvalue weighted by Gasteiger charge is -2.26. The molecule has 0 aliphatic heterocycles. The molecule has 0 unspecified atom stereocenters. The standard InChI is InChI=1S/C13H16ClIN2O/c14-9-3-4-11(10(15)7-9)17-12(18)13(8-16)5-1-2-6-13/h3-4,7H,1-2,5-6,8,16H2,(H,17,18). The number of hydrogen-bond donors (Lipinski definition) is 2. The van der Waals surface area contributed by atoms with Gasteiger partial charge in [0.05, 0.1) is 11.1 Å². The summed E-state index contributed by atoms with van der Waals surface area (Å²) >= 11 is 8.07. The normalized spacial score (nSPS) is 17.7. The predicted molar refractivity (Wildman–Crippen MR) is 82.8 cm³/mol. The maximum absolute atomic E-state index is 12.4. The van der Waals surface area contributed by atoms with Crippen molar-refractivity contribution in [2.24, 2.45) is 11.1 Å². The Bertz CT molecular complexity index is 458. The Morgan fingerprint density at radius 1 is 1.44 bits per heavy atom. The van der Waals surface area contributed by atoms with E-state index < -0.39 is 0 Å². The molecule has 2 rings (SSSR count). The van der Waals surface area contributed by atoms with Gasteiger partial charge in [0.25, 0.3) is 0 Å². The van der Waals surface area contributed by atoms with E-state index in [0.29, 0.717) is 11.6 Å². The van der Waals surface area contributed by atoms with E-state index in [1.165, 1.54) is 0 Å². The SMILES string of the molecule is NCC1(C(=O)Nc2ccc(Cl)cc2I)CCCC1. The number of hydrogen-bond acceptors (Lipinski definition) is 2. The lowest BCUT2D eigenvalue weighted by molar-refractivity contribution is -0.124. The molecule has 0 atom stereocenters. The highest BCUT2D eigenvalue weighted by atomic mass is 127. The van der Waals surface area contributed by atoms with Crippen LogP contribution in [0.3, 0.4) is 0 Å². The van der Waals surface area contributed by atoms with Gasteiger partial charge < -0.3 is 11.1 Å². The number of nitrogens with two attached hydrogens (primary N) is 1. The van der Waals surface area contributed by atoms with Crippen LogP contribution in [-0.2, 0) is 4.79 Å². The molecule has 0 heterocycles. The zero-order valence-corrected chi connectivity index (χ0v) is 12.9. The number of benzene rings is 1. The molecule has 18 heavy (non-hydrogen) atoms. The van der Waals surface area contributed by atoms with Gasteiger partial charge in [-0.1, -0.05) is 24.4 Å². The highest BCUT2D eigenvalue weighted by Crippen LogP contribution is 2.38. The van der Waals surface area contributed by atoms with Crippen molar-refractivity contribution in [1.82, 2.24) is 0 Å². The molecule has 1 amide bonds. The molecule has 1 aliphatic carbocycles. The van der Waals surface area contributed by atoms with E-state index in [2.05, 4.69) is 27.9 Å². The number of nitrogens with one attached hydrogen (secondary N) is 1. The molecule has 0 radical (unpaired) electrons. The van der Waals surface area contributed by atoms with E-state index in [0.717, 1.165) is 34.9 Å². The summed E-state index contributed by atoms with van der Waals surface area (Å²) in [6.07, 6.45) is 3.95. The molecule has 1 fully saturated rings. The fraction of sp³-hybridized carbons (Fsp3) is 0.462. The summed E-state index contributed by atoms with van der Waals surface area (Å²) in [6, 6.07) is 5.45. The number of carbonyl (C=O) groups is 1. The maximum atomic E-state index is 12.4. The first-order chi connectivity index (χ1) is 8.57. The third-order valence-corrected chi connectivity index (χ3v) is 4.74. The van der Waals surface area contributed by atoms with Crippen LogP contribution in [0.2, 0.25) is 5.02 Å². The highest BCUT2D eigenvalue weighted by Gasteiger charge is 2.39. The van der Waals surface area contributed by atoms with E-state index in [4.69, 9.17) is 17.3 Å². The van der Waals surface area contributed by atoms with Gasteiger partial charge in [-0.05, 0) is 53.6 Å². The first kappa shape index (κ1) is 14.1. The number of rotatable bonds is 3. The van der Waals surface area contributed by atoms with Gasteiger partial charge in [-0.3, -0.25) is 4.79 Å². The van der Waals surface area contributed by atoms with Gasteiger partial charge in [-0.25, -0.2) is 0 Å². The summed E-state index contributed by atoms with van der Waals surface area (Å²) in [6.45, 7) is 0.420. The predicted octanol–water partition coefficient (Wildman–Crippen LogP) is 3.40. The fourth-order valence-corrected chi connectivity index (χ4v) is 3.43. The molecular formula is C13H16ClIN2O. The summed E-state index contributed by atoms with van der Waals surface area (Å²) in [5, 5.41) is 3.66. The van der Waals surface area contributed by atoms with E-state index in [-0.39, 0.29) is 11.3 Å². The van der Waals surface area contributed by atoms with Crippen molar-refractivity contribution in [2.75, 3.05) is 11.9 Å². The van der Waals surface area contributed by atoms with Crippen LogP contribution in [0, 0.1) is 8.99 Å². The lowest BCUT2D eigenvalue weighted by atomic mass is 9.85. The summed E-state index contributed by atoms with van der Waals surface area (Å²) in [4.78, 5) is 12.4. The fourth-order valence-electron chi connectivity index (χ4n) is 2.42. The van der Waals surface area contributed by atoms with E-state index >= 15 is 0 Å². The molecule has 0 aromatic heterocycles. The molecule has 0 saturated heterocycles. The van der Waals surface area contributed by atoms with Crippen LogP contribution >= 0.6 is 34.2 Å². The summed E-state index contributed by atoms with van der Waals surface area (Å²) < 4.78 is 0.943. The molecule has 1 aromatic carbocycles. The molecule has 1 saturated carbocycles. The third kappa shape index (κ3) is 2.81. The largest absolute Gasteiger partial charge is 0.329 e.